The molecule has 0 bridgehead atoms. The Morgan fingerprint density at radius 3 is 2.53 bits per heavy atom. The molecular formula is C29H25N3O4. The fourth-order valence-corrected chi connectivity index (χ4v) is 4.09. The molecule has 0 saturated carbocycles. The van der Waals surface area contributed by atoms with Gasteiger partial charge in [-0.15, -0.1) is 0 Å². The SMILES string of the molecule is CCC(OC(=O)c1ccc2nc(-c3ccc(OC)cc3)[nH]c2c1)C(=O)Nc1cccc2ccccc12. The van der Waals surface area contributed by atoms with Crippen LogP contribution in [0.2, 0.25) is 0 Å². The largest absolute Gasteiger partial charge is 0.497 e. The number of H-pyrrole nitrogens is 1. The predicted molar refractivity (Wildman–Crippen MR) is 140 cm³/mol. The number of nitrogens with one attached hydrogen (secondary N) is 2. The molecule has 7 heteroatoms. The lowest BCUT2D eigenvalue weighted by molar-refractivity contribution is -0.124. The number of rotatable bonds is 7. The van der Waals surface area contributed by atoms with Crippen LogP contribution in [0.4, 0.5) is 5.69 Å². The highest BCUT2D eigenvalue weighted by molar-refractivity contribution is 6.04. The summed E-state index contributed by atoms with van der Waals surface area (Å²) in [6.45, 7) is 1.81. The fraction of sp³-hybridized carbons (Fsp3) is 0.138. The number of imidazole rings is 1. The van der Waals surface area contributed by atoms with E-state index in [0.717, 1.165) is 27.6 Å². The number of carbonyl (C=O) groups excluding carboxylic acids is 2. The van der Waals surface area contributed by atoms with Gasteiger partial charge in [-0.2, -0.15) is 0 Å². The summed E-state index contributed by atoms with van der Waals surface area (Å²) in [4.78, 5) is 33.7. The van der Waals surface area contributed by atoms with Crippen LogP contribution in [-0.2, 0) is 9.53 Å². The van der Waals surface area contributed by atoms with Crippen molar-refractivity contribution in [3.05, 3.63) is 90.5 Å². The number of hydrogen-bond acceptors (Lipinski definition) is 5. The second-order valence-electron chi connectivity index (χ2n) is 8.36. The van der Waals surface area contributed by atoms with Crippen molar-refractivity contribution >= 4 is 39.4 Å². The predicted octanol–water partition coefficient (Wildman–Crippen LogP) is 5.97. The topological polar surface area (TPSA) is 93.3 Å². The molecule has 1 amide bonds. The highest BCUT2D eigenvalue weighted by atomic mass is 16.5. The van der Waals surface area contributed by atoms with Gasteiger partial charge in [-0.25, -0.2) is 9.78 Å². The first-order valence-corrected chi connectivity index (χ1v) is 11.7. The molecule has 0 aliphatic carbocycles. The molecule has 5 aromatic rings. The number of benzene rings is 4. The first-order chi connectivity index (χ1) is 17.6. The number of amides is 1. The van der Waals surface area contributed by atoms with Crippen molar-refractivity contribution in [1.29, 1.82) is 0 Å². The standard InChI is InChI=1S/C29H25N3O4/c1-3-26(28(33)32-23-10-6-8-18-7-4-5-9-22(18)23)36-29(34)20-13-16-24-25(17-20)31-27(30-24)19-11-14-21(35-2)15-12-19/h4-17,26H,3H2,1-2H3,(H,30,31)(H,32,33). The van der Waals surface area contributed by atoms with Gasteiger partial charge in [0.2, 0.25) is 0 Å². The van der Waals surface area contributed by atoms with Crippen molar-refractivity contribution in [2.24, 2.45) is 0 Å². The van der Waals surface area contributed by atoms with Crippen LogP contribution in [-0.4, -0.2) is 35.1 Å². The van der Waals surface area contributed by atoms with Crippen molar-refractivity contribution in [1.82, 2.24) is 9.97 Å². The summed E-state index contributed by atoms with van der Waals surface area (Å²) in [7, 11) is 1.62. The van der Waals surface area contributed by atoms with Gasteiger partial charge >= 0.3 is 5.97 Å². The minimum atomic E-state index is -0.927. The van der Waals surface area contributed by atoms with E-state index in [1.807, 2.05) is 66.7 Å². The Hall–Kier alpha value is -4.65. The maximum absolute atomic E-state index is 13.0. The minimum absolute atomic E-state index is 0.337. The molecule has 2 N–H and O–H groups in total. The third kappa shape index (κ3) is 4.63. The van der Waals surface area contributed by atoms with Crippen LogP contribution in [0, 0.1) is 0 Å². The molecule has 1 atom stereocenters. The van der Waals surface area contributed by atoms with Crippen molar-refractivity contribution in [2.75, 3.05) is 12.4 Å². The fourth-order valence-electron chi connectivity index (χ4n) is 4.09. The number of aromatic nitrogens is 2. The van der Waals surface area contributed by atoms with E-state index in [-0.39, 0.29) is 5.91 Å². The molecule has 7 nitrogen and oxygen atoms in total. The average Bonchev–Trinajstić information content (AvgIpc) is 3.35. The number of anilines is 1. The number of methoxy groups -OCH3 is 1. The smallest absolute Gasteiger partial charge is 0.338 e. The maximum atomic E-state index is 13.0. The van der Waals surface area contributed by atoms with Crippen LogP contribution in [0.15, 0.2) is 84.9 Å². The van der Waals surface area contributed by atoms with Crippen molar-refractivity contribution in [3.8, 4) is 17.1 Å². The zero-order valence-electron chi connectivity index (χ0n) is 19.9. The van der Waals surface area contributed by atoms with Gasteiger partial charge in [-0.1, -0.05) is 43.3 Å². The monoisotopic (exact) mass is 479 g/mol. The quantitative estimate of drug-likeness (QED) is 0.281. The van der Waals surface area contributed by atoms with Gasteiger partial charge in [0.1, 0.15) is 11.6 Å². The van der Waals surface area contributed by atoms with Crippen LogP contribution in [0.5, 0.6) is 5.75 Å². The van der Waals surface area contributed by atoms with E-state index in [1.54, 1.807) is 32.2 Å². The van der Waals surface area contributed by atoms with Gasteiger partial charge in [0.25, 0.3) is 5.91 Å². The number of esters is 1. The van der Waals surface area contributed by atoms with Gasteiger partial charge in [-0.05, 0) is 60.3 Å². The van der Waals surface area contributed by atoms with Crippen molar-refractivity contribution < 1.29 is 19.1 Å². The van der Waals surface area contributed by atoms with Gasteiger partial charge in [-0.3, -0.25) is 4.79 Å². The lowest BCUT2D eigenvalue weighted by atomic mass is 10.1. The molecule has 0 aliphatic heterocycles. The van der Waals surface area contributed by atoms with E-state index >= 15 is 0 Å². The molecule has 1 aromatic heterocycles. The summed E-state index contributed by atoms with van der Waals surface area (Å²) < 4.78 is 10.8. The van der Waals surface area contributed by atoms with E-state index in [1.165, 1.54) is 0 Å². The van der Waals surface area contributed by atoms with E-state index in [4.69, 9.17) is 9.47 Å². The average molecular weight is 480 g/mol. The lowest BCUT2D eigenvalue weighted by Gasteiger charge is -2.17. The first-order valence-electron chi connectivity index (χ1n) is 11.7. The molecule has 5 rings (SSSR count). The first kappa shape index (κ1) is 23.1. The van der Waals surface area contributed by atoms with E-state index < -0.39 is 12.1 Å². The summed E-state index contributed by atoms with van der Waals surface area (Å²) in [6, 6.07) is 26.1. The Bertz CT molecular complexity index is 1550. The third-order valence-electron chi connectivity index (χ3n) is 6.04. The van der Waals surface area contributed by atoms with E-state index in [0.29, 0.717) is 29.0 Å². The molecule has 0 radical (unpaired) electrons. The Balaban J connectivity index is 1.32. The van der Waals surface area contributed by atoms with Crippen LogP contribution in [0.1, 0.15) is 23.7 Å². The summed E-state index contributed by atoms with van der Waals surface area (Å²) >= 11 is 0. The molecule has 0 fully saturated rings. The Labute approximate surface area is 208 Å². The van der Waals surface area contributed by atoms with E-state index in [9.17, 15) is 9.59 Å². The van der Waals surface area contributed by atoms with Crippen LogP contribution in [0.3, 0.4) is 0 Å². The van der Waals surface area contributed by atoms with Crippen molar-refractivity contribution in [3.63, 3.8) is 0 Å². The van der Waals surface area contributed by atoms with Crippen LogP contribution >= 0.6 is 0 Å². The summed E-state index contributed by atoms with van der Waals surface area (Å²) in [5.41, 5.74) is 3.33. The second kappa shape index (κ2) is 9.92. The summed E-state index contributed by atoms with van der Waals surface area (Å²) in [5.74, 6) is 0.498. The van der Waals surface area contributed by atoms with Gasteiger partial charge in [0.05, 0.1) is 23.7 Å². The number of fused-ring (bicyclic) bond motifs is 2. The van der Waals surface area contributed by atoms with Gasteiger partial charge in [0.15, 0.2) is 6.10 Å². The molecule has 4 aromatic carbocycles. The summed E-state index contributed by atoms with van der Waals surface area (Å²) in [5, 5.41) is 4.85. The molecule has 1 unspecified atom stereocenters. The molecule has 36 heavy (non-hydrogen) atoms. The number of carbonyl (C=O) groups is 2. The number of nitrogens with zero attached hydrogens (tertiary/aromatic N) is 1. The Kier molecular flexibility index (Phi) is 6.36. The Morgan fingerprint density at radius 1 is 0.972 bits per heavy atom. The zero-order chi connectivity index (χ0) is 25.1. The van der Waals surface area contributed by atoms with Crippen LogP contribution in [0.25, 0.3) is 33.2 Å². The normalized spacial score (nSPS) is 11.8. The van der Waals surface area contributed by atoms with Gasteiger partial charge in [0, 0.05) is 16.6 Å². The minimum Gasteiger partial charge on any atom is -0.497 e. The van der Waals surface area contributed by atoms with E-state index in [2.05, 4.69) is 15.3 Å². The van der Waals surface area contributed by atoms with Gasteiger partial charge < -0.3 is 19.8 Å². The number of ether oxygens (including phenoxy) is 2. The molecular weight excluding hydrogens is 454 g/mol. The molecule has 0 saturated heterocycles. The number of aromatic amines is 1. The Morgan fingerprint density at radius 2 is 1.75 bits per heavy atom. The van der Waals surface area contributed by atoms with Crippen molar-refractivity contribution in [2.45, 2.75) is 19.4 Å². The second-order valence-corrected chi connectivity index (χ2v) is 8.36. The maximum Gasteiger partial charge on any atom is 0.338 e. The molecule has 0 spiro atoms. The highest BCUT2D eigenvalue weighted by Crippen LogP contribution is 2.25. The third-order valence-corrected chi connectivity index (χ3v) is 6.04. The summed E-state index contributed by atoms with van der Waals surface area (Å²) in [6.07, 6.45) is -0.584. The zero-order valence-corrected chi connectivity index (χ0v) is 19.9. The lowest BCUT2D eigenvalue weighted by Crippen LogP contribution is -2.32. The molecule has 0 aliphatic rings. The number of hydrogen-bond donors (Lipinski definition) is 2. The molecule has 180 valence electrons. The van der Waals surface area contributed by atoms with Crippen LogP contribution < -0.4 is 10.1 Å². The molecule has 1 heterocycles. The highest BCUT2D eigenvalue weighted by Gasteiger charge is 2.23.